The van der Waals surface area contributed by atoms with E-state index in [4.69, 9.17) is 9.15 Å². The third-order valence-corrected chi connectivity index (χ3v) is 4.36. The van der Waals surface area contributed by atoms with Crippen molar-refractivity contribution < 1.29 is 18.7 Å². The first-order valence-corrected chi connectivity index (χ1v) is 8.46. The van der Waals surface area contributed by atoms with Crippen LogP contribution in [0.1, 0.15) is 16.3 Å². The number of thioether (sulfide) groups is 1. The predicted octanol–water partition coefficient (Wildman–Crippen LogP) is 3.82. The van der Waals surface area contributed by atoms with E-state index in [9.17, 15) is 4.79 Å². The Bertz CT molecular complexity index is 862. The van der Waals surface area contributed by atoms with Crippen molar-refractivity contribution in [2.75, 3.05) is 14.2 Å². The molecule has 0 aliphatic rings. The van der Waals surface area contributed by atoms with Crippen molar-refractivity contribution in [3.05, 3.63) is 60.1 Å². The Hall–Kier alpha value is -2.80. The molecule has 0 radical (unpaired) electrons. The number of benzene rings is 1. The van der Waals surface area contributed by atoms with Crippen LogP contribution >= 0.6 is 11.8 Å². The average Bonchev–Trinajstić information content (AvgIpc) is 3.15. The smallest absolute Gasteiger partial charge is 0.373 e. The summed E-state index contributed by atoms with van der Waals surface area (Å²) in [7, 11) is 2.95. The standard InChI is InChI=1S/C18H16N2O4S/c1-22-13-5-3-4-12(10-13)15-7-9-17(20-19-15)25-11-14-6-8-16(24-14)18(21)23-2/h3-10H,11H2,1-2H3. The Balaban J connectivity index is 1.64. The van der Waals surface area contributed by atoms with Crippen LogP contribution in [0.2, 0.25) is 0 Å². The first kappa shape index (κ1) is 17.0. The highest BCUT2D eigenvalue weighted by Crippen LogP contribution is 2.25. The van der Waals surface area contributed by atoms with Gasteiger partial charge in [0.1, 0.15) is 16.5 Å². The van der Waals surface area contributed by atoms with Gasteiger partial charge in [-0.15, -0.1) is 10.2 Å². The highest BCUT2D eigenvalue weighted by molar-refractivity contribution is 7.98. The first-order valence-electron chi connectivity index (χ1n) is 7.47. The molecule has 0 atom stereocenters. The zero-order chi connectivity index (χ0) is 17.6. The van der Waals surface area contributed by atoms with Crippen LogP contribution in [0.3, 0.4) is 0 Å². The van der Waals surface area contributed by atoms with E-state index in [1.807, 2.05) is 36.4 Å². The fourth-order valence-electron chi connectivity index (χ4n) is 2.14. The molecule has 7 heteroatoms. The Labute approximate surface area is 149 Å². The summed E-state index contributed by atoms with van der Waals surface area (Å²) in [6, 6.07) is 14.8. The van der Waals surface area contributed by atoms with E-state index in [1.165, 1.54) is 18.9 Å². The summed E-state index contributed by atoms with van der Waals surface area (Å²) < 4.78 is 15.3. The van der Waals surface area contributed by atoms with Crippen molar-refractivity contribution in [1.29, 1.82) is 0 Å². The third kappa shape index (κ3) is 4.19. The normalized spacial score (nSPS) is 10.5. The summed E-state index contributed by atoms with van der Waals surface area (Å²) in [5.41, 5.74) is 1.71. The molecule has 0 fully saturated rings. The summed E-state index contributed by atoms with van der Waals surface area (Å²) in [6.45, 7) is 0. The van der Waals surface area contributed by atoms with Crippen molar-refractivity contribution >= 4 is 17.7 Å². The van der Waals surface area contributed by atoms with Gasteiger partial charge in [-0.25, -0.2) is 4.79 Å². The molecule has 0 saturated carbocycles. The summed E-state index contributed by atoms with van der Waals surface area (Å²) in [5, 5.41) is 9.24. The van der Waals surface area contributed by atoms with Gasteiger partial charge >= 0.3 is 5.97 Å². The minimum atomic E-state index is -0.487. The molecule has 0 aliphatic carbocycles. The molecule has 0 bridgehead atoms. The SMILES string of the molecule is COC(=O)c1ccc(CSc2ccc(-c3cccc(OC)c3)nn2)o1. The Morgan fingerprint density at radius 2 is 2.00 bits per heavy atom. The number of esters is 1. The van der Waals surface area contributed by atoms with Gasteiger partial charge in [0.05, 0.1) is 25.7 Å². The molecular formula is C18H16N2O4S. The van der Waals surface area contributed by atoms with Crippen LogP contribution in [-0.2, 0) is 10.5 Å². The van der Waals surface area contributed by atoms with E-state index in [1.54, 1.807) is 19.2 Å². The fourth-order valence-corrected chi connectivity index (χ4v) is 2.85. The van der Waals surface area contributed by atoms with Crippen molar-refractivity contribution in [2.24, 2.45) is 0 Å². The summed E-state index contributed by atoms with van der Waals surface area (Å²) in [5.74, 6) is 1.70. The maximum absolute atomic E-state index is 11.4. The molecule has 1 aromatic carbocycles. The topological polar surface area (TPSA) is 74.5 Å². The van der Waals surface area contributed by atoms with Crippen LogP contribution in [0.15, 0.2) is 58.0 Å². The molecule has 128 valence electrons. The lowest BCUT2D eigenvalue weighted by Gasteiger charge is -2.04. The number of ether oxygens (including phenoxy) is 2. The monoisotopic (exact) mass is 356 g/mol. The lowest BCUT2D eigenvalue weighted by Crippen LogP contribution is -1.98. The second-order valence-electron chi connectivity index (χ2n) is 5.03. The van der Waals surface area contributed by atoms with E-state index >= 15 is 0 Å². The van der Waals surface area contributed by atoms with Gasteiger partial charge in [-0.2, -0.15) is 0 Å². The number of furan rings is 1. The van der Waals surface area contributed by atoms with Crippen molar-refractivity contribution in [2.45, 2.75) is 10.8 Å². The van der Waals surface area contributed by atoms with Crippen LogP contribution < -0.4 is 4.74 Å². The number of hydrogen-bond acceptors (Lipinski definition) is 7. The van der Waals surface area contributed by atoms with Crippen LogP contribution in [0.4, 0.5) is 0 Å². The minimum Gasteiger partial charge on any atom is -0.497 e. The number of hydrogen-bond donors (Lipinski definition) is 0. The van der Waals surface area contributed by atoms with Crippen molar-refractivity contribution in [3.63, 3.8) is 0 Å². The van der Waals surface area contributed by atoms with Crippen molar-refractivity contribution in [3.8, 4) is 17.0 Å². The molecule has 0 spiro atoms. The summed E-state index contributed by atoms with van der Waals surface area (Å²) >= 11 is 1.47. The summed E-state index contributed by atoms with van der Waals surface area (Å²) in [4.78, 5) is 11.4. The molecule has 2 aromatic heterocycles. The predicted molar refractivity (Wildman–Crippen MR) is 93.6 cm³/mol. The minimum absolute atomic E-state index is 0.192. The number of nitrogens with zero attached hydrogens (tertiary/aromatic N) is 2. The zero-order valence-corrected chi connectivity index (χ0v) is 14.6. The second kappa shape index (κ2) is 7.85. The largest absolute Gasteiger partial charge is 0.497 e. The van der Waals surface area contributed by atoms with E-state index < -0.39 is 5.97 Å². The van der Waals surface area contributed by atoms with Crippen LogP contribution in [-0.4, -0.2) is 30.4 Å². The quantitative estimate of drug-likeness (QED) is 0.491. The Morgan fingerprint density at radius 3 is 2.72 bits per heavy atom. The molecular weight excluding hydrogens is 340 g/mol. The van der Waals surface area contributed by atoms with Gasteiger partial charge in [0.15, 0.2) is 0 Å². The van der Waals surface area contributed by atoms with Gasteiger partial charge in [-0.1, -0.05) is 23.9 Å². The lowest BCUT2D eigenvalue weighted by atomic mass is 10.1. The molecule has 2 heterocycles. The first-order chi connectivity index (χ1) is 12.2. The number of carbonyl (C=O) groups is 1. The maximum Gasteiger partial charge on any atom is 0.373 e. The Morgan fingerprint density at radius 1 is 1.12 bits per heavy atom. The molecule has 3 rings (SSSR count). The van der Waals surface area contributed by atoms with E-state index in [0.29, 0.717) is 11.5 Å². The molecule has 6 nitrogen and oxygen atoms in total. The molecule has 25 heavy (non-hydrogen) atoms. The maximum atomic E-state index is 11.4. The lowest BCUT2D eigenvalue weighted by molar-refractivity contribution is 0.0563. The Kier molecular flexibility index (Phi) is 5.35. The molecule has 0 unspecified atom stereocenters. The van der Waals surface area contributed by atoms with E-state index in [-0.39, 0.29) is 5.76 Å². The number of carbonyl (C=O) groups excluding carboxylic acids is 1. The van der Waals surface area contributed by atoms with Crippen LogP contribution in [0.5, 0.6) is 5.75 Å². The zero-order valence-electron chi connectivity index (χ0n) is 13.8. The fraction of sp³-hybridized carbons (Fsp3) is 0.167. The third-order valence-electron chi connectivity index (χ3n) is 3.42. The van der Waals surface area contributed by atoms with Crippen molar-refractivity contribution in [1.82, 2.24) is 10.2 Å². The van der Waals surface area contributed by atoms with Crippen LogP contribution in [0.25, 0.3) is 11.3 Å². The van der Waals surface area contributed by atoms with Gasteiger partial charge in [0, 0.05) is 5.56 Å². The molecule has 3 aromatic rings. The highest BCUT2D eigenvalue weighted by atomic mass is 32.2. The van der Waals surface area contributed by atoms with Gasteiger partial charge in [-0.3, -0.25) is 0 Å². The van der Waals surface area contributed by atoms with Crippen LogP contribution in [0, 0.1) is 0 Å². The summed E-state index contributed by atoms with van der Waals surface area (Å²) in [6.07, 6.45) is 0. The average molecular weight is 356 g/mol. The van der Waals surface area contributed by atoms with Gasteiger partial charge in [0.2, 0.25) is 5.76 Å². The second-order valence-corrected chi connectivity index (χ2v) is 6.03. The van der Waals surface area contributed by atoms with E-state index in [2.05, 4.69) is 14.9 Å². The highest BCUT2D eigenvalue weighted by Gasteiger charge is 2.11. The number of rotatable bonds is 6. The molecule has 0 saturated heterocycles. The molecule has 0 N–H and O–H groups in total. The van der Waals surface area contributed by atoms with Gasteiger partial charge < -0.3 is 13.9 Å². The molecule has 0 aliphatic heterocycles. The van der Waals surface area contributed by atoms with Gasteiger partial charge in [-0.05, 0) is 36.4 Å². The number of aromatic nitrogens is 2. The number of methoxy groups -OCH3 is 2. The molecule has 0 amide bonds. The van der Waals surface area contributed by atoms with E-state index in [0.717, 1.165) is 22.0 Å². The van der Waals surface area contributed by atoms with Gasteiger partial charge in [0.25, 0.3) is 0 Å².